The van der Waals surface area contributed by atoms with Crippen molar-refractivity contribution in [1.29, 1.82) is 0 Å². The first-order valence-electron chi connectivity index (χ1n) is 13.7. The van der Waals surface area contributed by atoms with Crippen LogP contribution in [0.25, 0.3) is 0 Å². The quantitative estimate of drug-likeness (QED) is 0.414. The molecule has 2 N–H and O–H groups in total. The van der Waals surface area contributed by atoms with Gasteiger partial charge in [-0.25, -0.2) is 4.39 Å². The van der Waals surface area contributed by atoms with Gasteiger partial charge in [-0.2, -0.15) is 0 Å². The van der Waals surface area contributed by atoms with Crippen LogP contribution in [-0.2, 0) is 15.6 Å². The van der Waals surface area contributed by atoms with E-state index in [0.29, 0.717) is 28.4 Å². The molecule has 37 heavy (non-hydrogen) atoms. The Labute approximate surface area is 223 Å². The van der Waals surface area contributed by atoms with Gasteiger partial charge in [-0.05, 0) is 98.7 Å². The topological polar surface area (TPSA) is 69.6 Å². The molecule has 7 heteroatoms. The molecule has 1 aliphatic heterocycles. The van der Waals surface area contributed by atoms with Crippen molar-refractivity contribution in [2.24, 2.45) is 17.8 Å². The van der Waals surface area contributed by atoms with E-state index in [0.717, 1.165) is 51.7 Å². The van der Waals surface area contributed by atoms with Crippen LogP contribution in [0, 0.1) is 23.6 Å². The molecule has 2 aliphatic rings. The number of rotatable bonds is 11. The molecule has 1 heterocycles. The number of carbonyl (C=O) groups is 1. The second-order valence-corrected chi connectivity index (χ2v) is 12.8. The average molecular weight is 529 g/mol. The summed E-state index contributed by atoms with van der Waals surface area (Å²) in [5.74, 6) is 1.10. The third-order valence-electron chi connectivity index (χ3n) is 8.26. The number of likely N-dealkylation sites (tertiary alicyclic amines) is 1. The average Bonchev–Trinajstić information content (AvgIpc) is 3.29. The van der Waals surface area contributed by atoms with Crippen molar-refractivity contribution in [3.05, 3.63) is 66.0 Å². The van der Waals surface area contributed by atoms with E-state index in [1.807, 2.05) is 13.8 Å². The minimum Gasteiger partial charge on any atom is -0.480 e. The van der Waals surface area contributed by atoms with Crippen molar-refractivity contribution in [3.8, 4) is 0 Å². The van der Waals surface area contributed by atoms with Gasteiger partial charge in [0.05, 0.1) is 10.8 Å². The Morgan fingerprint density at radius 1 is 1.08 bits per heavy atom. The lowest BCUT2D eigenvalue weighted by atomic mass is 9.87. The van der Waals surface area contributed by atoms with Gasteiger partial charge in [-0.1, -0.05) is 44.2 Å². The number of nitrogens with zero attached hydrogens (tertiary/aromatic N) is 1. The highest BCUT2D eigenvalue weighted by Crippen LogP contribution is 2.41. The maximum Gasteiger partial charge on any atom is 0.320 e. The molecule has 1 aliphatic carbocycles. The molecule has 0 spiro atoms. The SMILES string of the molecule is CC(C)C(NC1CC(CN2CCC(CCS(=O)c3ccc(F)cc3)CC2)C(c2ccccc2)C1)C(=O)O. The van der Waals surface area contributed by atoms with E-state index in [9.17, 15) is 18.5 Å². The van der Waals surface area contributed by atoms with Gasteiger partial charge in [-0.3, -0.25) is 9.00 Å². The molecule has 4 rings (SSSR count). The Balaban J connectivity index is 1.30. The molecule has 0 radical (unpaired) electrons. The Morgan fingerprint density at radius 2 is 1.76 bits per heavy atom. The van der Waals surface area contributed by atoms with Crippen LogP contribution in [0.2, 0.25) is 0 Å². The number of carboxylic acids is 1. The van der Waals surface area contributed by atoms with E-state index in [2.05, 4.69) is 40.5 Å². The first kappa shape index (κ1) is 27.9. The maximum atomic E-state index is 13.1. The van der Waals surface area contributed by atoms with Gasteiger partial charge in [0.25, 0.3) is 0 Å². The molecule has 2 aromatic carbocycles. The van der Waals surface area contributed by atoms with Crippen molar-refractivity contribution >= 4 is 16.8 Å². The Morgan fingerprint density at radius 3 is 2.38 bits per heavy atom. The van der Waals surface area contributed by atoms with Crippen molar-refractivity contribution in [1.82, 2.24) is 10.2 Å². The number of aliphatic carboxylic acids is 1. The van der Waals surface area contributed by atoms with E-state index in [1.54, 1.807) is 12.1 Å². The molecule has 1 saturated heterocycles. The summed E-state index contributed by atoms with van der Waals surface area (Å²) in [5, 5.41) is 13.2. The van der Waals surface area contributed by atoms with Crippen LogP contribution >= 0.6 is 0 Å². The highest BCUT2D eigenvalue weighted by molar-refractivity contribution is 7.85. The third kappa shape index (κ3) is 7.71. The summed E-state index contributed by atoms with van der Waals surface area (Å²) >= 11 is 0. The van der Waals surface area contributed by atoms with Gasteiger partial charge in [0, 0.05) is 23.2 Å². The van der Waals surface area contributed by atoms with Gasteiger partial charge in [0.2, 0.25) is 0 Å². The molecule has 202 valence electrons. The Kier molecular flexibility index (Phi) is 9.90. The number of halogens is 1. The molecule has 0 amide bonds. The number of benzene rings is 2. The summed E-state index contributed by atoms with van der Waals surface area (Å²) in [5.41, 5.74) is 1.35. The zero-order valence-electron chi connectivity index (χ0n) is 22.0. The predicted molar refractivity (Wildman–Crippen MR) is 147 cm³/mol. The Bertz CT molecular complexity index is 1020. The zero-order valence-corrected chi connectivity index (χ0v) is 22.8. The maximum absolute atomic E-state index is 13.1. The molecular formula is C30H41FN2O3S. The zero-order chi connectivity index (χ0) is 26.4. The molecule has 5 atom stereocenters. The molecule has 5 nitrogen and oxygen atoms in total. The Hall–Kier alpha value is -2.09. The lowest BCUT2D eigenvalue weighted by molar-refractivity contribution is -0.140. The first-order chi connectivity index (χ1) is 17.8. The number of piperidine rings is 1. The summed E-state index contributed by atoms with van der Waals surface area (Å²) < 4.78 is 25.7. The van der Waals surface area contributed by atoms with Crippen molar-refractivity contribution in [2.75, 3.05) is 25.4 Å². The number of hydrogen-bond acceptors (Lipinski definition) is 4. The van der Waals surface area contributed by atoms with Gasteiger partial charge in [0.1, 0.15) is 11.9 Å². The van der Waals surface area contributed by atoms with E-state index in [4.69, 9.17) is 0 Å². The van der Waals surface area contributed by atoms with Gasteiger partial charge < -0.3 is 15.3 Å². The first-order valence-corrected chi connectivity index (χ1v) is 15.0. The highest BCUT2D eigenvalue weighted by atomic mass is 32.2. The second kappa shape index (κ2) is 13.1. The number of carboxylic acid groups (broad SMARTS) is 1. The molecule has 1 saturated carbocycles. The highest BCUT2D eigenvalue weighted by Gasteiger charge is 2.38. The van der Waals surface area contributed by atoms with E-state index in [-0.39, 0.29) is 17.8 Å². The van der Waals surface area contributed by atoms with E-state index in [1.165, 1.54) is 17.7 Å². The number of nitrogens with one attached hydrogen (secondary N) is 1. The summed E-state index contributed by atoms with van der Waals surface area (Å²) in [6.07, 6.45) is 5.12. The third-order valence-corrected chi connectivity index (χ3v) is 9.66. The molecule has 0 bridgehead atoms. The molecule has 2 aromatic rings. The van der Waals surface area contributed by atoms with Crippen molar-refractivity contribution in [2.45, 2.75) is 68.8 Å². The van der Waals surface area contributed by atoms with Gasteiger partial charge in [0.15, 0.2) is 0 Å². The van der Waals surface area contributed by atoms with Crippen molar-refractivity contribution in [3.63, 3.8) is 0 Å². The number of hydrogen-bond donors (Lipinski definition) is 2. The largest absolute Gasteiger partial charge is 0.480 e. The van der Waals surface area contributed by atoms with Crippen LogP contribution in [0.3, 0.4) is 0 Å². The molecule has 0 aromatic heterocycles. The second-order valence-electron chi connectivity index (χ2n) is 11.2. The van der Waals surface area contributed by atoms with Crippen LogP contribution in [0.5, 0.6) is 0 Å². The van der Waals surface area contributed by atoms with Crippen molar-refractivity contribution < 1.29 is 18.5 Å². The van der Waals surface area contributed by atoms with Gasteiger partial charge >= 0.3 is 5.97 Å². The predicted octanol–water partition coefficient (Wildman–Crippen LogP) is 5.30. The van der Waals surface area contributed by atoms with Crippen LogP contribution in [0.15, 0.2) is 59.5 Å². The fourth-order valence-electron chi connectivity index (χ4n) is 6.14. The van der Waals surface area contributed by atoms with E-state index < -0.39 is 22.8 Å². The van der Waals surface area contributed by atoms with Crippen LogP contribution in [0.4, 0.5) is 4.39 Å². The van der Waals surface area contributed by atoms with Crippen LogP contribution in [-0.4, -0.2) is 57.7 Å². The standard InChI is InChI=1S/C30H41FN2O3S/c1-21(2)29(30(34)35)32-26-18-24(28(19-26)23-6-4-3-5-7-23)20-33-15-12-22(13-16-33)14-17-37(36)27-10-8-25(31)9-11-27/h3-11,21-22,24,26,28-29,32H,12-20H2,1-2H3,(H,34,35). The lowest BCUT2D eigenvalue weighted by Crippen LogP contribution is -2.46. The minimum absolute atomic E-state index is 0.0446. The van der Waals surface area contributed by atoms with E-state index >= 15 is 0 Å². The summed E-state index contributed by atoms with van der Waals surface area (Å²) in [6.45, 7) is 7.06. The normalized spacial score (nSPS) is 24.8. The molecule has 2 fully saturated rings. The van der Waals surface area contributed by atoms with Crippen LogP contribution in [0.1, 0.15) is 57.4 Å². The summed E-state index contributed by atoms with van der Waals surface area (Å²) in [7, 11) is -1.08. The fraction of sp³-hybridized carbons (Fsp3) is 0.567. The molecular weight excluding hydrogens is 487 g/mol. The van der Waals surface area contributed by atoms with Crippen LogP contribution < -0.4 is 5.32 Å². The van der Waals surface area contributed by atoms with Gasteiger partial charge in [-0.15, -0.1) is 0 Å². The summed E-state index contributed by atoms with van der Waals surface area (Å²) in [4.78, 5) is 15.1. The fourth-order valence-corrected chi connectivity index (χ4v) is 7.36. The summed E-state index contributed by atoms with van der Waals surface area (Å²) in [6, 6.07) is 16.4. The smallest absolute Gasteiger partial charge is 0.320 e. The lowest BCUT2D eigenvalue weighted by Gasteiger charge is -2.35. The monoisotopic (exact) mass is 528 g/mol. The minimum atomic E-state index is -1.08. The molecule has 5 unspecified atom stereocenters.